The molecule has 1 saturated carbocycles. The van der Waals surface area contributed by atoms with E-state index in [0.29, 0.717) is 18.9 Å². The van der Waals surface area contributed by atoms with Gasteiger partial charge in [0.1, 0.15) is 5.69 Å². The average Bonchev–Trinajstić information content (AvgIpc) is 2.48. The van der Waals surface area contributed by atoms with Gasteiger partial charge in [0.25, 0.3) is 5.91 Å². The van der Waals surface area contributed by atoms with E-state index in [1.54, 1.807) is 6.20 Å². The number of carbonyl (C=O) groups is 1. The first-order valence-electron chi connectivity index (χ1n) is 7.05. The number of carbonyl (C=O) groups excluding carboxylic acids is 1. The molecule has 2 fully saturated rings. The summed E-state index contributed by atoms with van der Waals surface area (Å²) < 4.78 is 11.4. The lowest BCUT2D eigenvalue weighted by Gasteiger charge is -2.39. The van der Waals surface area contributed by atoms with Crippen molar-refractivity contribution in [1.29, 1.82) is 0 Å². The molecule has 1 amide bonds. The minimum absolute atomic E-state index is 0.104. The Kier molecular flexibility index (Phi) is 3.93. The number of nitrogens with zero attached hydrogens (tertiary/aromatic N) is 2. The zero-order valence-electron chi connectivity index (χ0n) is 11.5. The number of hydrogen-bond acceptors (Lipinski definition) is 5. The van der Waals surface area contributed by atoms with Gasteiger partial charge >= 0.3 is 0 Å². The second kappa shape index (κ2) is 5.85. The van der Waals surface area contributed by atoms with Crippen LogP contribution in [0.5, 0.6) is 0 Å². The van der Waals surface area contributed by atoms with Gasteiger partial charge in [0, 0.05) is 12.2 Å². The largest absolute Gasteiger partial charge is 0.373 e. The van der Waals surface area contributed by atoms with E-state index in [1.807, 2.05) is 6.92 Å². The lowest BCUT2D eigenvalue weighted by Crippen LogP contribution is -2.49. The van der Waals surface area contributed by atoms with E-state index in [0.717, 1.165) is 25.0 Å². The first-order valence-corrected chi connectivity index (χ1v) is 7.05. The fourth-order valence-corrected chi connectivity index (χ4v) is 2.77. The van der Waals surface area contributed by atoms with Crippen molar-refractivity contribution >= 4 is 5.91 Å². The summed E-state index contributed by atoms with van der Waals surface area (Å²) >= 11 is 0. The predicted octanol–water partition coefficient (Wildman–Crippen LogP) is 0.851. The molecular weight excluding hydrogens is 258 g/mol. The van der Waals surface area contributed by atoms with Crippen molar-refractivity contribution in [3.8, 4) is 0 Å². The van der Waals surface area contributed by atoms with Crippen molar-refractivity contribution in [2.75, 3.05) is 13.2 Å². The molecule has 3 rings (SSSR count). The smallest absolute Gasteiger partial charge is 0.271 e. The molecule has 6 heteroatoms. The van der Waals surface area contributed by atoms with E-state index in [4.69, 9.17) is 9.47 Å². The van der Waals surface area contributed by atoms with Crippen LogP contribution in [0.15, 0.2) is 12.4 Å². The quantitative estimate of drug-likeness (QED) is 0.867. The van der Waals surface area contributed by atoms with Crippen molar-refractivity contribution < 1.29 is 14.3 Å². The molecule has 2 heterocycles. The van der Waals surface area contributed by atoms with Gasteiger partial charge in [-0.1, -0.05) is 0 Å². The van der Waals surface area contributed by atoms with Gasteiger partial charge in [0.2, 0.25) is 0 Å². The van der Waals surface area contributed by atoms with E-state index in [-0.39, 0.29) is 24.2 Å². The van der Waals surface area contributed by atoms with Crippen LogP contribution in [0.25, 0.3) is 0 Å². The van der Waals surface area contributed by atoms with Crippen LogP contribution in [0.2, 0.25) is 0 Å². The first kappa shape index (κ1) is 13.5. The molecule has 0 spiro atoms. The maximum atomic E-state index is 12.1. The summed E-state index contributed by atoms with van der Waals surface area (Å²) in [4.78, 5) is 20.3. The highest BCUT2D eigenvalue weighted by molar-refractivity contribution is 5.92. The van der Waals surface area contributed by atoms with Gasteiger partial charge < -0.3 is 14.8 Å². The van der Waals surface area contributed by atoms with Crippen molar-refractivity contribution in [3.05, 3.63) is 23.8 Å². The zero-order valence-corrected chi connectivity index (χ0v) is 11.5. The van der Waals surface area contributed by atoms with Gasteiger partial charge in [-0.05, 0) is 26.2 Å². The molecule has 1 N–H and O–H groups in total. The number of aromatic nitrogens is 2. The molecule has 6 nitrogen and oxygen atoms in total. The highest BCUT2D eigenvalue weighted by Gasteiger charge is 2.34. The Morgan fingerprint density at radius 3 is 2.75 bits per heavy atom. The predicted molar refractivity (Wildman–Crippen MR) is 71.4 cm³/mol. The third-order valence-corrected chi connectivity index (χ3v) is 3.83. The van der Waals surface area contributed by atoms with Gasteiger partial charge in [0.15, 0.2) is 0 Å². The number of fused-ring (bicyclic) bond motifs is 1. The molecule has 3 atom stereocenters. The van der Waals surface area contributed by atoms with Crippen LogP contribution in [-0.4, -0.2) is 47.3 Å². The minimum Gasteiger partial charge on any atom is -0.373 e. The second-order valence-corrected chi connectivity index (χ2v) is 5.34. The Morgan fingerprint density at radius 1 is 1.20 bits per heavy atom. The zero-order chi connectivity index (χ0) is 13.9. The SMILES string of the molecule is Cc1cnc(C(=O)N[C@@H]2CC[C@H]3OCCO[C@H]3C2)cn1. The van der Waals surface area contributed by atoms with E-state index < -0.39 is 0 Å². The van der Waals surface area contributed by atoms with Crippen LogP contribution in [0.1, 0.15) is 35.4 Å². The first-order chi connectivity index (χ1) is 9.72. The van der Waals surface area contributed by atoms with Gasteiger partial charge in [-0.2, -0.15) is 0 Å². The third kappa shape index (κ3) is 2.96. The van der Waals surface area contributed by atoms with Crippen LogP contribution < -0.4 is 5.32 Å². The molecule has 0 radical (unpaired) electrons. The molecule has 1 aliphatic carbocycles. The van der Waals surface area contributed by atoms with Crippen LogP contribution in [0.4, 0.5) is 0 Å². The van der Waals surface area contributed by atoms with Gasteiger partial charge in [0.05, 0.1) is 37.3 Å². The van der Waals surface area contributed by atoms with E-state index in [1.165, 1.54) is 6.20 Å². The highest BCUT2D eigenvalue weighted by Crippen LogP contribution is 2.26. The number of nitrogens with one attached hydrogen (secondary N) is 1. The third-order valence-electron chi connectivity index (χ3n) is 3.83. The van der Waals surface area contributed by atoms with Gasteiger partial charge in [-0.25, -0.2) is 4.98 Å². The van der Waals surface area contributed by atoms with E-state index >= 15 is 0 Å². The average molecular weight is 277 g/mol. The Balaban J connectivity index is 1.58. The van der Waals surface area contributed by atoms with Crippen molar-refractivity contribution in [3.63, 3.8) is 0 Å². The van der Waals surface area contributed by atoms with Crippen molar-refractivity contribution in [2.45, 2.75) is 44.4 Å². The molecule has 0 unspecified atom stereocenters. The Bertz CT molecular complexity index is 477. The molecule has 2 aliphatic rings. The van der Waals surface area contributed by atoms with Crippen LogP contribution in [-0.2, 0) is 9.47 Å². The molecule has 1 aromatic heterocycles. The lowest BCUT2D eigenvalue weighted by molar-refractivity contribution is -0.157. The number of amides is 1. The molecule has 0 bridgehead atoms. The maximum Gasteiger partial charge on any atom is 0.271 e. The molecule has 0 aromatic carbocycles. The Morgan fingerprint density at radius 2 is 2.00 bits per heavy atom. The van der Waals surface area contributed by atoms with Crippen LogP contribution in [0.3, 0.4) is 0 Å². The standard InChI is InChI=1S/C14H19N3O3/c1-9-7-16-11(8-15-9)14(18)17-10-2-3-12-13(6-10)20-5-4-19-12/h7-8,10,12-13H,2-6H2,1H3,(H,17,18)/t10-,12-,13+/m1/s1. The van der Waals surface area contributed by atoms with E-state index in [9.17, 15) is 4.79 Å². The number of hydrogen-bond donors (Lipinski definition) is 1. The Labute approximate surface area is 117 Å². The van der Waals surface area contributed by atoms with Crippen molar-refractivity contribution in [1.82, 2.24) is 15.3 Å². The summed E-state index contributed by atoms with van der Waals surface area (Å²) in [5.41, 5.74) is 1.16. The monoisotopic (exact) mass is 277 g/mol. The van der Waals surface area contributed by atoms with Crippen molar-refractivity contribution in [2.24, 2.45) is 0 Å². The summed E-state index contributed by atoms with van der Waals surface area (Å²) in [6, 6.07) is 0.119. The molecule has 108 valence electrons. The Hall–Kier alpha value is -1.53. The summed E-state index contributed by atoms with van der Waals surface area (Å²) in [5, 5.41) is 3.01. The second-order valence-electron chi connectivity index (χ2n) is 5.34. The summed E-state index contributed by atoms with van der Waals surface area (Å²) in [6.45, 7) is 3.17. The summed E-state index contributed by atoms with van der Waals surface area (Å²) in [6.07, 6.45) is 6.05. The molecule has 1 aromatic rings. The lowest BCUT2D eigenvalue weighted by atomic mass is 9.89. The molecular formula is C14H19N3O3. The molecule has 20 heavy (non-hydrogen) atoms. The van der Waals surface area contributed by atoms with Gasteiger partial charge in [-0.3, -0.25) is 9.78 Å². The summed E-state index contributed by atoms with van der Waals surface area (Å²) in [5.74, 6) is -0.169. The van der Waals surface area contributed by atoms with Crippen LogP contribution in [0, 0.1) is 6.92 Å². The normalized spacial score (nSPS) is 29.6. The van der Waals surface area contributed by atoms with Crippen LogP contribution >= 0.6 is 0 Å². The number of ether oxygens (including phenoxy) is 2. The molecule has 1 aliphatic heterocycles. The minimum atomic E-state index is -0.169. The summed E-state index contributed by atoms with van der Waals surface area (Å²) in [7, 11) is 0. The number of rotatable bonds is 2. The molecule has 1 saturated heterocycles. The van der Waals surface area contributed by atoms with Gasteiger partial charge in [-0.15, -0.1) is 0 Å². The fraction of sp³-hybridized carbons (Fsp3) is 0.643. The highest BCUT2D eigenvalue weighted by atomic mass is 16.6. The number of aryl methyl sites for hydroxylation is 1. The fourth-order valence-electron chi connectivity index (χ4n) is 2.77. The maximum absolute atomic E-state index is 12.1. The van der Waals surface area contributed by atoms with E-state index in [2.05, 4.69) is 15.3 Å². The topological polar surface area (TPSA) is 73.3 Å².